The molecule has 0 unspecified atom stereocenters. The summed E-state index contributed by atoms with van der Waals surface area (Å²) in [4.78, 5) is 63.3. The number of imide groups is 2. The summed E-state index contributed by atoms with van der Waals surface area (Å²) in [5, 5.41) is 7.16. The average Bonchev–Trinajstić information content (AvgIpc) is 2.86. The molecule has 5 amide bonds. The summed E-state index contributed by atoms with van der Waals surface area (Å²) < 4.78 is 0. The second kappa shape index (κ2) is 11.4. The monoisotopic (exact) mass is 488 g/mol. The van der Waals surface area contributed by atoms with Crippen LogP contribution in [0.15, 0.2) is 54.7 Å². The minimum absolute atomic E-state index is 0.0507. The van der Waals surface area contributed by atoms with Crippen molar-refractivity contribution >= 4 is 41.3 Å². The largest absolute Gasteiger partial charge is 0.355 e. The molecule has 2 aromatic carbocycles. The van der Waals surface area contributed by atoms with Crippen molar-refractivity contribution < 1.29 is 24.0 Å². The van der Waals surface area contributed by atoms with Gasteiger partial charge in [0, 0.05) is 35.8 Å². The van der Waals surface area contributed by atoms with Crippen molar-refractivity contribution in [2.75, 3.05) is 0 Å². The molecule has 2 N–H and O–H groups in total. The number of nitrogens with zero attached hydrogens (tertiary/aromatic N) is 2. The molecule has 0 radical (unpaired) electrons. The maximum Gasteiger partial charge on any atom is 0.261 e. The highest BCUT2D eigenvalue weighted by Gasteiger charge is 2.46. The predicted octanol–water partition coefficient (Wildman–Crippen LogP) is 2.58. The van der Waals surface area contributed by atoms with E-state index in [1.807, 2.05) is 25.3 Å². The van der Waals surface area contributed by atoms with Gasteiger partial charge in [-0.05, 0) is 55.8 Å². The summed E-state index contributed by atoms with van der Waals surface area (Å²) in [7, 11) is 0. The summed E-state index contributed by atoms with van der Waals surface area (Å²) in [6.45, 7) is 5.48. The number of fused-ring (bicyclic) bond motifs is 1. The lowest BCUT2D eigenvalue weighted by Gasteiger charge is -2.38. The smallest absolute Gasteiger partial charge is 0.261 e. The first kappa shape index (κ1) is 26.2. The van der Waals surface area contributed by atoms with Crippen molar-refractivity contribution in [2.45, 2.75) is 45.7 Å². The van der Waals surface area contributed by atoms with Crippen LogP contribution in [0.25, 0.3) is 10.8 Å². The number of piperidine rings is 1. The minimum Gasteiger partial charge on any atom is -0.355 e. The molecule has 9 heteroatoms. The van der Waals surface area contributed by atoms with Crippen molar-refractivity contribution in [1.82, 2.24) is 20.5 Å². The fraction of sp³-hybridized carbons (Fsp3) is 0.259. The Morgan fingerprint density at radius 1 is 1.11 bits per heavy atom. The molecule has 1 aromatic heterocycles. The van der Waals surface area contributed by atoms with Crippen molar-refractivity contribution in [3.8, 4) is 0 Å². The van der Waals surface area contributed by atoms with E-state index in [0.29, 0.717) is 24.9 Å². The number of aromatic nitrogens is 1. The highest BCUT2D eigenvalue weighted by atomic mass is 16.2. The van der Waals surface area contributed by atoms with Gasteiger partial charge in [-0.25, -0.2) is 0 Å². The molecule has 0 spiro atoms. The maximum absolute atomic E-state index is 12.8. The lowest BCUT2D eigenvalue weighted by atomic mass is 9.88. The second-order valence-corrected chi connectivity index (χ2v) is 8.75. The quantitative estimate of drug-likeness (QED) is 0.406. The molecule has 0 bridgehead atoms. The number of amides is 5. The Balaban J connectivity index is 0.000000270. The zero-order chi connectivity index (χ0) is 26.3. The summed E-state index contributed by atoms with van der Waals surface area (Å²) in [5.41, 5.74) is 1.33. The molecule has 0 saturated carbocycles. The number of hydrogen-bond acceptors (Lipinski definition) is 6. The lowest BCUT2D eigenvalue weighted by Crippen LogP contribution is -2.62. The molecular formula is C27H28N4O5. The summed E-state index contributed by atoms with van der Waals surface area (Å²) >= 11 is 0. The van der Waals surface area contributed by atoms with E-state index in [-0.39, 0.29) is 18.4 Å². The highest BCUT2D eigenvalue weighted by Crippen LogP contribution is 2.27. The fourth-order valence-electron chi connectivity index (χ4n) is 3.97. The number of hydrogen-bond donors (Lipinski definition) is 2. The number of rotatable bonds is 6. The van der Waals surface area contributed by atoms with Gasteiger partial charge < -0.3 is 5.32 Å². The van der Waals surface area contributed by atoms with E-state index < -0.39 is 23.3 Å². The highest BCUT2D eigenvalue weighted by molar-refractivity contribution is 6.09. The number of aryl methyl sites for hydroxylation is 2. The van der Waals surface area contributed by atoms with Crippen LogP contribution in [-0.2, 0) is 25.7 Å². The first-order valence-corrected chi connectivity index (χ1v) is 11.4. The molecule has 1 saturated heterocycles. The van der Waals surface area contributed by atoms with Crippen LogP contribution in [0.1, 0.15) is 46.9 Å². The van der Waals surface area contributed by atoms with Gasteiger partial charge in [-0.15, -0.1) is 0 Å². The van der Waals surface area contributed by atoms with Crippen LogP contribution in [0.3, 0.4) is 0 Å². The molecule has 3 aromatic rings. The lowest BCUT2D eigenvalue weighted by molar-refractivity contribution is -0.145. The normalized spacial score (nSPS) is 16.9. The third-order valence-electron chi connectivity index (χ3n) is 6.12. The van der Waals surface area contributed by atoms with Gasteiger partial charge in [0.25, 0.3) is 11.8 Å². The molecule has 4 rings (SSSR count). The van der Waals surface area contributed by atoms with Gasteiger partial charge in [-0.2, -0.15) is 0 Å². The molecule has 1 aliphatic rings. The van der Waals surface area contributed by atoms with E-state index in [1.54, 1.807) is 25.1 Å². The molecule has 2 heterocycles. The van der Waals surface area contributed by atoms with Crippen molar-refractivity contribution in [3.05, 3.63) is 77.1 Å². The molecule has 1 fully saturated rings. The Morgan fingerprint density at radius 3 is 2.47 bits per heavy atom. The zero-order valence-electron chi connectivity index (χ0n) is 20.4. The van der Waals surface area contributed by atoms with Gasteiger partial charge >= 0.3 is 0 Å². The molecular weight excluding hydrogens is 460 g/mol. The topological polar surface area (TPSA) is 126 Å². The summed E-state index contributed by atoms with van der Waals surface area (Å²) in [6, 6.07) is 15.3. The van der Waals surface area contributed by atoms with Crippen molar-refractivity contribution in [2.24, 2.45) is 0 Å². The van der Waals surface area contributed by atoms with E-state index in [0.717, 1.165) is 16.2 Å². The minimum atomic E-state index is -1.42. The Bertz CT molecular complexity index is 1320. The Labute approximate surface area is 208 Å². The van der Waals surface area contributed by atoms with E-state index in [9.17, 15) is 24.0 Å². The van der Waals surface area contributed by atoms with Crippen LogP contribution >= 0.6 is 0 Å². The molecule has 0 aliphatic carbocycles. The van der Waals surface area contributed by atoms with E-state index in [2.05, 4.69) is 33.8 Å². The van der Waals surface area contributed by atoms with Crippen molar-refractivity contribution in [1.29, 1.82) is 0 Å². The van der Waals surface area contributed by atoms with Crippen LogP contribution in [0.4, 0.5) is 0 Å². The second-order valence-electron chi connectivity index (χ2n) is 8.75. The van der Waals surface area contributed by atoms with Crippen molar-refractivity contribution in [3.63, 3.8) is 0 Å². The summed E-state index contributed by atoms with van der Waals surface area (Å²) in [5.74, 6) is -1.72. The van der Waals surface area contributed by atoms with Crippen LogP contribution < -0.4 is 10.6 Å². The van der Waals surface area contributed by atoms with Gasteiger partial charge in [0.2, 0.25) is 18.7 Å². The average molecular weight is 489 g/mol. The third kappa shape index (κ3) is 5.80. The first-order valence-electron chi connectivity index (χ1n) is 11.4. The predicted molar refractivity (Wildman–Crippen MR) is 134 cm³/mol. The van der Waals surface area contributed by atoms with E-state index >= 15 is 0 Å². The van der Waals surface area contributed by atoms with E-state index in [4.69, 9.17) is 0 Å². The SMILES string of the molecule is Cc1cc(CNC=O)ccc1C(=O)N(C=O)[C@@]1(C)CCC(=O)NC1=O.Cc1cc2ccccc2cn1. The number of carbonyl (C=O) groups is 5. The van der Waals surface area contributed by atoms with Crippen LogP contribution in [0, 0.1) is 13.8 Å². The van der Waals surface area contributed by atoms with Crippen LogP contribution in [0.2, 0.25) is 0 Å². The third-order valence-corrected chi connectivity index (χ3v) is 6.12. The van der Waals surface area contributed by atoms with Gasteiger partial charge in [-0.1, -0.05) is 36.4 Å². The number of benzene rings is 2. The Morgan fingerprint density at radius 2 is 1.83 bits per heavy atom. The first-order chi connectivity index (χ1) is 17.2. The molecule has 9 nitrogen and oxygen atoms in total. The molecule has 186 valence electrons. The zero-order valence-corrected chi connectivity index (χ0v) is 20.4. The number of carbonyl (C=O) groups excluding carboxylic acids is 5. The standard InChI is InChI=1S/C17H19N3O5.C10H9N/c1-11-7-12(8-18-9-21)3-4-13(11)15(24)20(10-22)17(2)6-5-14(23)19-16(17)25;1-8-6-9-4-2-3-5-10(9)7-11-8/h3-4,7,9-10H,5-6,8H2,1-2H3,(H,18,21)(H,19,23,25);2-7H,1H3/t17-;/m0./s1. The molecule has 36 heavy (non-hydrogen) atoms. The Hall–Kier alpha value is -4.40. The van der Waals surface area contributed by atoms with Crippen LogP contribution in [0.5, 0.6) is 0 Å². The van der Waals surface area contributed by atoms with Gasteiger partial charge in [0.15, 0.2) is 0 Å². The Kier molecular flexibility index (Phi) is 8.26. The van der Waals surface area contributed by atoms with Gasteiger partial charge in [0.05, 0.1) is 0 Å². The van der Waals surface area contributed by atoms with E-state index in [1.165, 1.54) is 17.7 Å². The maximum atomic E-state index is 12.8. The van der Waals surface area contributed by atoms with Gasteiger partial charge in [-0.3, -0.25) is 39.2 Å². The summed E-state index contributed by atoms with van der Waals surface area (Å²) in [6.07, 6.45) is 2.92. The molecule has 1 atom stereocenters. The number of nitrogens with one attached hydrogen (secondary N) is 2. The van der Waals surface area contributed by atoms with Crippen LogP contribution in [-0.4, -0.2) is 46.0 Å². The fourth-order valence-corrected chi connectivity index (χ4v) is 3.97. The molecule has 1 aliphatic heterocycles. The van der Waals surface area contributed by atoms with Gasteiger partial charge in [0.1, 0.15) is 5.54 Å². The number of pyridine rings is 1.